The smallest absolute Gasteiger partial charge is 0.0490 e. The molecule has 0 bridgehead atoms. The number of aromatic amines is 1. The van der Waals surface area contributed by atoms with Gasteiger partial charge in [-0.05, 0) is 44.6 Å². The first-order valence-corrected chi connectivity index (χ1v) is 5.91. The zero-order valence-electron chi connectivity index (χ0n) is 9.71. The summed E-state index contributed by atoms with van der Waals surface area (Å²) in [4.78, 5) is 0. The van der Waals surface area contributed by atoms with Crippen LogP contribution in [0.4, 0.5) is 0 Å². The molecule has 1 saturated carbocycles. The third kappa shape index (κ3) is 2.81. The third-order valence-electron chi connectivity index (χ3n) is 3.64. The van der Waals surface area contributed by atoms with Crippen molar-refractivity contribution in [3.8, 4) is 0 Å². The van der Waals surface area contributed by atoms with Gasteiger partial charge in [0.1, 0.15) is 0 Å². The van der Waals surface area contributed by atoms with Gasteiger partial charge in [0.25, 0.3) is 0 Å². The van der Waals surface area contributed by atoms with Crippen LogP contribution in [0.1, 0.15) is 45.2 Å². The van der Waals surface area contributed by atoms with Crippen molar-refractivity contribution in [3.63, 3.8) is 0 Å². The Hall–Kier alpha value is -0.830. The summed E-state index contributed by atoms with van der Waals surface area (Å²) in [6.07, 6.45) is 7.10. The van der Waals surface area contributed by atoms with Gasteiger partial charge in [-0.1, -0.05) is 6.92 Å². The standard InChI is InChI=1S/C12H21N3/c1-10-3-6-12(2,7-4-10)13-9-11-5-8-14-15-11/h5,8,10,13H,3-4,6-7,9H2,1-2H3,(H,14,15). The van der Waals surface area contributed by atoms with Gasteiger partial charge < -0.3 is 5.32 Å². The summed E-state index contributed by atoms with van der Waals surface area (Å²) in [6, 6.07) is 2.03. The molecule has 15 heavy (non-hydrogen) atoms. The van der Waals surface area contributed by atoms with E-state index in [1.165, 1.54) is 31.4 Å². The normalized spacial score (nSPS) is 31.7. The molecule has 1 aliphatic rings. The van der Waals surface area contributed by atoms with Gasteiger partial charge in [-0.2, -0.15) is 5.10 Å². The van der Waals surface area contributed by atoms with Crippen LogP contribution < -0.4 is 5.32 Å². The minimum Gasteiger partial charge on any atom is -0.306 e. The second kappa shape index (κ2) is 4.35. The molecule has 0 amide bonds. The number of aromatic nitrogens is 2. The zero-order valence-corrected chi connectivity index (χ0v) is 9.71. The van der Waals surface area contributed by atoms with E-state index in [1.807, 2.05) is 12.3 Å². The fraction of sp³-hybridized carbons (Fsp3) is 0.750. The van der Waals surface area contributed by atoms with Crippen molar-refractivity contribution in [1.82, 2.24) is 15.5 Å². The SMILES string of the molecule is CC1CCC(C)(NCc2ccn[nH]2)CC1. The van der Waals surface area contributed by atoms with E-state index in [0.29, 0.717) is 5.54 Å². The van der Waals surface area contributed by atoms with Gasteiger partial charge in [0.15, 0.2) is 0 Å². The predicted octanol–water partition coefficient (Wildman–Crippen LogP) is 2.47. The Morgan fingerprint density at radius 1 is 1.53 bits per heavy atom. The highest BCUT2D eigenvalue weighted by Crippen LogP contribution is 2.31. The second-order valence-corrected chi connectivity index (χ2v) is 5.18. The van der Waals surface area contributed by atoms with Gasteiger partial charge in [-0.25, -0.2) is 0 Å². The molecule has 0 aliphatic heterocycles. The van der Waals surface area contributed by atoms with Crippen LogP contribution in [-0.2, 0) is 6.54 Å². The average molecular weight is 207 g/mol. The predicted molar refractivity (Wildman–Crippen MR) is 61.5 cm³/mol. The highest BCUT2D eigenvalue weighted by molar-refractivity contribution is 4.99. The molecule has 3 heteroatoms. The molecule has 0 atom stereocenters. The summed E-state index contributed by atoms with van der Waals surface area (Å²) in [5.74, 6) is 0.909. The lowest BCUT2D eigenvalue weighted by molar-refractivity contribution is 0.212. The third-order valence-corrected chi connectivity index (χ3v) is 3.64. The first-order valence-electron chi connectivity index (χ1n) is 5.91. The lowest BCUT2D eigenvalue weighted by Crippen LogP contribution is -2.44. The summed E-state index contributed by atoms with van der Waals surface area (Å²) in [6.45, 7) is 5.61. The number of nitrogens with one attached hydrogen (secondary N) is 2. The number of H-pyrrole nitrogens is 1. The topological polar surface area (TPSA) is 40.7 Å². The van der Waals surface area contributed by atoms with E-state index in [1.54, 1.807) is 0 Å². The number of hydrogen-bond acceptors (Lipinski definition) is 2. The van der Waals surface area contributed by atoms with E-state index >= 15 is 0 Å². The Kier molecular flexibility index (Phi) is 3.10. The fourth-order valence-electron chi connectivity index (χ4n) is 2.27. The number of hydrogen-bond donors (Lipinski definition) is 2. The van der Waals surface area contributed by atoms with E-state index < -0.39 is 0 Å². The Morgan fingerprint density at radius 3 is 2.87 bits per heavy atom. The average Bonchev–Trinajstić information content (AvgIpc) is 2.73. The summed E-state index contributed by atoms with van der Waals surface area (Å²) in [5.41, 5.74) is 1.51. The van der Waals surface area contributed by atoms with Gasteiger partial charge in [0.05, 0.1) is 0 Å². The molecule has 84 valence electrons. The maximum atomic E-state index is 3.96. The summed E-state index contributed by atoms with van der Waals surface area (Å²) < 4.78 is 0. The Balaban J connectivity index is 1.83. The van der Waals surface area contributed by atoms with E-state index in [2.05, 4.69) is 29.4 Å². The maximum absolute atomic E-state index is 3.96. The highest BCUT2D eigenvalue weighted by atomic mass is 15.1. The lowest BCUT2D eigenvalue weighted by Gasteiger charge is -2.37. The first-order chi connectivity index (χ1) is 7.18. The van der Waals surface area contributed by atoms with E-state index in [-0.39, 0.29) is 0 Å². The van der Waals surface area contributed by atoms with Crippen molar-refractivity contribution in [2.75, 3.05) is 0 Å². The molecule has 0 radical (unpaired) electrons. The summed E-state index contributed by atoms with van der Waals surface area (Å²) in [5, 5.41) is 10.6. The molecular formula is C12H21N3. The molecule has 1 aliphatic carbocycles. The van der Waals surface area contributed by atoms with Crippen molar-refractivity contribution in [2.24, 2.45) is 5.92 Å². The summed E-state index contributed by atoms with van der Waals surface area (Å²) >= 11 is 0. The molecule has 0 saturated heterocycles. The van der Waals surface area contributed by atoms with Gasteiger partial charge >= 0.3 is 0 Å². The van der Waals surface area contributed by atoms with Crippen LogP contribution >= 0.6 is 0 Å². The van der Waals surface area contributed by atoms with E-state index in [9.17, 15) is 0 Å². The van der Waals surface area contributed by atoms with Gasteiger partial charge in [0.2, 0.25) is 0 Å². The molecule has 1 aromatic rings. The van der Waals surface area contributed by atoms with Crippen LogP contribution in [-0.4, -0.2) is 15.7 Å². The van der Waals surface area contributed by atoms with Crippen molar-refractivity contribution < 1.29 is 0 Å². The lowest BCUT2D eigenvalue weighted by atomic mass is 9.78. The Labute approximate surface area is 91.7 Å². The molecule has 0 spiro atoms. The maximum Gasteiger partial charge on any atom is 0.0490 e. The van der Waals surface area contributed by atoms with Crippen LogP contribution in [0, 0.1) is 5.92 Å². The van der Waals surface area contributed by atoms with Gasteiger partial charge in [0, 0.05) is 24.0 Å². The molecular weight excluding hydrogens is 186 g/mol. The molecule has 1 aromatic heterocycles. The fourth-order valence-corrected chi connectivity index (χ4v) is 2.27. The molecule has 0 aromatic carbocycles. The Bertz CT molecular complexity index is 284. The molecule has 2 rings (SSSR count). The largest absolute Gasteiger partial charge is 0.306 e. The van der Waals surface area contributed by atoms with Crippen molar-refractivity contribution >= 4 is 0 Å². The minimum absolute atomic E-state index is 0.331. The van der Waals surface area contributed by atoms with Gasteiger partial charge in [-0.15, -0.1) is 0 Å². The van der Waals surface area contributed by atoms with Gasteiger partial charge in [-0.3, -0.25) is 5.10 Å². The Morgan fingerprint density at radius 2 is 2.27 bits per heavy atom. The number of rotatable bonds is 3. The van der Waals surface area contributed by atoms with Crippen molar-refractivity contribution in [1.29, 1.82) is 0 Å². The second-order valence-electron chi connectivity index (χ2n) is 5.18. The summed E-state index contributed by atoms with van der Waals surface area (Å²) in [7, 11) is 0. The van der Waals surface area contributed by atoms with Crippen LogP contribution in [0.5, 0.6) is 0 Å². The molecule has 0 unspecified atom stereocenters. The van der Waals surface area contributed by atoms with Crippen LogP contribution in [0.25, 0.3) is 0 Å². The van der Waals surface area contributed by atoms with Crippen LogP contribution in [0.15, 0.2) is 12.3 Å². The first kappa shape index (κ1) is 10.7. The number of nitrogens with zero attached hydrogens (tertiary/aromatic N) is 1. The molecule has 1 fully saturated rings. The minimum atomic E-state index is 0.331. The van der Waals surface area contributed by atoms with E-state index in [0.717, 1.165) is 12.5 Å². The van der Waals surface area contributed by atoms with E-state index in [4.69, 9.17) is 0 Å². The van der Waals surface area contributed by atoms with Crippen molar-refractivity contribution in [3.05, 3.63) is 18.0 Å². The van der Waals surface area contributed by atoms with Crippen LogP contribution in [0.2, 0.25) is 0 Å². The monoisotopic (exact) mass is 207 g/mol. The van der Waals surface area contributed by atoms with Crippen LogP contribution in [0.3, 0.4) is 0 Å². The quantitative estimate of drug-likeness (QED) is 0.799. The molecule has 2 N–H and O–H groups in total. The molecule has 3 nitrogen and oxygen atoms in total. The molecule has 1 heterocycles. The zero-order chi connectivity index (χ0) is 10.7. The highest BCUT2D eigenvalue weighted by Gasteiger charge is 2.28. The van der Waals surface area contributed by atoms with Crippen molar-refractivity contribution in [2.45, 2.75) is 51.6 Å².